The van der Waals surface area contributed by atoms with Gasteiger partial charge in [-0.2, -0.15) is 0 Å². The van der Waals surface area contributed by atoms with Crippen LogP contribution in [0.15, 0.2) is 0 Å². The lowest BCUT2D eigenvalue weighted by molar-refractivity contribution is -0.144. The van der Waals surface area contributed by atoms with Gasteiger partial charge in [-0.05, 0) is 25.8 Å². The lowest BCUT2D eigenvalue weighted by Gasteiger charge is -2.32. The number of rotatable bonds is 3. The van der Waals surface area contributed by atoms with Gasteiger partial charge in [0.2, 0.25) is 0 Å². The number of nitrogens with zero attached hydrogens (tertiary/aromatic N) is 1. The van der Waals surface area contributed by atoms with E-state index in [2.05, 4.69) is 0 Å². The number of hydrogen-bond acceptors (Lipinski definition) is 2. The molecule has 1 fully saturated rings. The summed E-state index contributed by atoms with van der Waals surface area (Å²) >= 11 is 0. The van der Waals surface area contributed by atoms with Crippen molar-refractivity contribution in [1.29, 1.82) is 0 Å². The fourth-order valence-corrected chi connectivity index (χ4v) is 1.82. The third-order valence-electron chi connectivity index (χ3n) is 2.51. The Bertz CT molecular complexity index is 186. The molecule has 3 nitrogen and oxygen atoms in total. The first kappa shape index (κ1) is 10.4. The van der Waals surface area contributed by atoms with Gasteiger partial charge in [-0.25, -0.2) is 4.39 Å². The predicted octanol–water partition coefficient (Wildman–Crippen LogP) is 1.28. The van der Waals surface area contributed by atoms with Crippen molar-refractivity contribution in [3.8, 4) is 0 Å². The first-order valence-electron chi connectivity index (χ1n) is 4.76. The molecule has 0 spiro atoms. The van der Waals surface area contributed by atoms with Crippen molar-refractivity contribution >= 4 is 5.97 Å². The minimum atomic E-state index is -0.845. The number of piperidine rings is 1. The van der Waals surface area contributed by atoms with E-state index in [0.29, 0.717) is 19.4 Å². The first-order valence-corrected chi connectivity index (χ1v) is 4.76. The molecule has 0 saturated carbocycles. The standard InChI is InChI=1S/C9H16FNO2/c1-2-8(9(12)13)11-5-3-4-7(10)6-11/h7-8H,2-6H2,1H3,(H,12,13)/t7-,8-/m1/s1. The molecule has 1 heterocycles. The van der Waals surface area contributed by atoms with Gasteiger partial charge in [0.15, 0.2) is 0 Å². The van der Waals surface area contributed by atoms with E-state index < -0.39 is 18.2 Å². The molecule has 1 rings (SSSR count). The van der Waals surface area contributed by atoms with Crippen LogP contribution in [0.25, 0.3) is 0 Å². The minimum Gasteiger partial charge on any atom is -0.480 e. The van der Waals surface area contributed by atoms with Gasteiger partial charge in [-0.15, -0.1) is 0 Å². The second-order valence-electron chi connectivity index (χ2n) is 3.50. The molecule has 0 bridgehead atoms. The zero-order valence-corrected chi connectivity index (χ0v) is 7.87. The Morgan fingerprint density at radius 3 is 2.92 bits per heavy atom. The van der Waals surface area contributed by atoms with Gasteiger partial charge in [0, 0.05) is 6.54 Å². The molecule has 76 valence electrons. The molecular weight excluding hydrogens is 173 g/mol. The summed E-state index contributed by atoms with van der Waals surface area (Å²) in [5, 5.41) is 8.85. The summed E-state index contributed by atoms with van der Waals surface area (Å²) in [7, 11) is 0. The summed E-state index contributed by atoms with van der Waals surface area (Å²) in [5.41, 5.74) is 0. The molecule has 0 amide bonds. The van der Waals surface area contributed by atoms with Gasteiger partial charge in [0.25, 0.3) is 0 Å². The van der Waals surface area contributed by atoms with Crippen molar-refractivity contribution in [2.24, 2.45) is 0 Å². The largest absolute Gasteiger partial charge is 0.480 e. The third kappa shape index (κ3) is 2.66. The highest BCUT2D eigenvalue weighted by Crippen LogP contribution is 2.16. The van der Waals surface area contributed by atoms with Crippen molar-refractivity contribution in [1.82, 2.24) is 4.90 Å². The fourth-order valence-electron chi connectivity index (χ4n) is 1.82. The van der Waals surface area contributed by atoms with E-state index in [0.717, 1.165) is 6.42 Å². The lowest BCUT2D eigenvalue weighted by Crippen LogP contribution is -2.47. The molecule has 0 unspecified atom stereocenters. The number of alkyl halides is 1. The fraction of sp³-hybridized carbons (Fsp3) is 0.889. The van der Waals surface area contributed by atoms with Crippen LogP contribution in [0.4, 0.5) is 4.39 Å². The van der Waals surface area contributed by atoms with Crippen LogP contribution < -0.4 is 0 Å². The highest BCUT2D eigenvalue weighted by molar-refractivity contribution is 5.73. The van der Waals surface area contributed by atoms with Gasteiger partial charge in [0.1, 0.15) is 12.2 Å². The molecule has 1 aliphatic heterocycles. The summed E-state index contributed by atoms with van der Waals surface area (Å²) in [6.45, 7) is 2.82. The predicted molar refractivity (Wildman–Crippen MR) is 47.4 cm³/mol. The summed E-state index contributed by atoms with van der Waals surface area (Å²) in [5.74, 6) is -0.836. The van der Waals surface area contributed by atoms with E-state index >= 15 is 0 Å². The number of hydrogen-bond donors (Lipinski definition) is 1. The maximum atomic E-state index is 13.0. The van der Waals surface area contributed by atoms with Crippen molar-refractivity contribution in [3.63, 3.8) is 0 Å². The van der Waals surface area contributed by atoms with E-state index in [1.165, 1.54) is 0 Å². The monoisotopic (exact) mass is 189 g/mol. The van der Waals surface area contributed by atoms with Gasteiger partial charge in [-0.1, -0.05) is 6.92 Å². The summed E-state index contributed by atoms with van der Waals surface area (Å²) in [4.78, 5) is 12.5. The first-order chi connectivity index (χ1) is 6.15. The molecule has 4 heteroatoms. The number of carboxylic acids is 1. The summed E-state index contributed by atoms with van der Waals surface area (Å²) in [6.07, 6.45) is 1.04. The van der Waals surface area contributed by atoms with Crippen LogP contribution in [-0.2, 0) is 4.79 Å². The quantitative estimate of drug-likeness (QED) is 0.727. The van der Waals surface area contributed by atoms with Crippen LogP contribution in [0.1, 0.15) is 26.2 Å². The van der Waals surface area contributed by atoms with Crippen LogP contribution >= 0.6 is 0 Å². The number of halogens is 1. The van der Waals surface area contributed by atoms with Crippen LogP contribution in [0.2, 0.25) is 0 Å². The van der Waals surface area contributed by atoms with Crippen molar-refractivity contribution in [3.05, 3.63) is 0 Å². The Hall–Kier alpha value is -0.640. The average Bonchev–Trinajstić information content (AvgIpc) is 2.04. The van der Waals surface area contributed by atoms with Crippen LogP contribution in [0.5, 0.6) is 0 Å². The molecule has 1 N–H and O–H groups in total. The molecule has 0 aromatic heterocycles. The molecule has 1 aliphatic rings. The van der Waals surface area contributed by atoms with Crippen LogP contribution in [0.3, 0.4) is 0 Å². The number of aliphatic carboxylic acids is 1. The molecule has 1 saturated heterocycles. The number of likely N-dealkylation sites (tertiary alicyclic amines) is 1. The SMILES string of the molecule is CC[C@H](C(=O)O)N1CCC[C@@H](F)C1. The molecule has 2 atom stereocenters. The topological polar surface area (TPSA) is 40.5 Å². The highest BCUT2D eigenvalue weighted by atomic mass is 19.1. The molecule has 0 aliphatic carbocycles. The van der Waals surface area contributed by atoms with Crippen molar-refractivity contribution in [2.45, 2.75) is 38.4 Å². The van der Waals surface area contributed by atoms with Gasteiger partial charge in [-0.3, -0.25) is 9.69 Å². The summed E-state index contributed by atoms with van der Waals surface area (Å²) in [6, 6.07) is -0.501. The van der Waals surface area contributed by atoms with E-state index in [1.807, 2.05) is 6.92 Å². The maximum absolute atomic E-state index is 13.0. The smallest absolute Gasteiger partial charge is 0.320 e. The molecule has 13 heavy (non-hydrogen) atoms. The lowest BCUT2D eigenvalue weighted by atomic mass is 10.1. The van der Waals surface area contributed by atoms with E-state index in [4.69, 9.17) is 5.11 Å². The Morgan fingerprint density at radius 2 is 2.46 bits per heavy atom. The Balaban J connectivity index is 2.52. The van der Waals surface area contributed by atoms with Crippen molar-refractivity contribution < 1.29 is 14.3 Å². The van der Waals surface area contributed by atoms with Crippen LogP contribution in [-0.4, -0.2) is 41.3 Å². The van der Waals surface area contributed by atoms with E-state index in [9.17, 15) is 9.18 Å². The average molecular weight is 189 g/mol. The molecule has 0 aromatic rings. The summed E-state index contributed by atoms with van der Waals surface area (Å²) < 4.78 is 13.0. The van der Waals surface area contributed by atoms with Gasteiger partial charge >= 0.3 is 5.97 Å². The Kier molecular flexibility index (Phi) is 3.66. The zero-order chi connectivity index (χ0) is 9.84. The normalized spacial score (nSPS) is 27.1. The minimum absolute atomic E-state index is 0.283. The molecular formula is C9H16FNO2. The number of carboxylic acid groups (broad SMARTS) is 1. The maximum Gasteiger partial charge on any atom is 0.320 e. The second-order valence-corrected chi connectivity index (χ2v) is 3.50. The van der Waals surface area contributed by atoms with Crippen molar-refractivity contribution in [2.75, 3.05) is 13.1 Å². The van der Waals surface area contributed by atoms with Gasteiger partial charge in [0.05, 0.1) is 0 Å². The molecule has 0 aromatic carbocycles. The van der Waals surface area contributed by atoms with E-state index in [-0.39, 0.29) is 6.54 Å². The highest BCUT2D eigenvalue weighted by Gasteiger charge is 2.28. The van der Waals surface area contributed by atoms with Crippen LogP contribution in [0, 0.1) is 0 Å². The molecule has 0 radical (unpaired) electrons. The van der Waals surface area contributed by atoms with E-state index in [1.54, 1.807) is 4.90 Å². The Morgan fingerprint density at radius 1 is 1.77 bits per heavy atom. The number of carbonyl (C=O) groups is 1. The Labute approximate surface area is 77.5 Å². The van der Waals surface area contributed by atoms with Gasteiger partial charge < -0.3 is 5.11 Å². The second kappa shape index (κ2) is 4.56. The third-order valence-corrected chi connectivity index (χ3v) is 2.51. The zero-order valence-electron chi connectivity index (χ0n) is 7.87.